The lowest BCUT2D eigenvalue weighted by Gasteiger charge is -2.29. The average Bonchev–Trinajstić information content (AvgIpc) is 2.61. The Labute approximate surface area is 153 Å². The van der Waals surface area contributed by atoms with Gasteiger partial charge in [-0.3, -0.25) is 4.79 Å². The number of thioether (sulfide) groups is 1. The summed E-state index contributed by atoms with van der Waals surface area (Å²) < 4.78 is 0. The fourth-order valence-corrected chi connectivity index (χ4v) is 4.16. The maximum Gasteiger partial charge on any atom is 0.230 e. The normalized spacial score (nSPS) is 20.2. The van der Waals surface area contributed by atoms with E-state index in [0.29, 0.717) is 22.3 Å². The molecule has 130 valence electrons. The number of hydrogen-bond donors (Lipinski definition) is 1. The molecular weight excluding hydrogens is 330 g/mol. The number of nitriles is 1. The highest BCUT2D eigenvalue weighted by Gasteiger charge is 2.22. The third kappa shape index (κ3) is 4.32. The van der Waals surface area contributed by atoms with Crippen molar-refractivity contribution in [3.8, 4) is 6.07 Å². The zero-order valence-corrected chi connectivity index (χ0v) is 15.5. The van der Waals surface area contributed by atoms with Crippen molar-refractivity contribution in [3.05, 3.63) is 35.4 Å². The Balaban J connectivity index is 1.69. The number of hydrogen-bond acceptors (Lipinski definition) is 4. The van der Waals surface area contributed by atoms with Crippen LogP contribution in [0.4, 0.5) is 0 Å². The molecule has 1 saturated carbocycles. The Morgan fingerprint density at radius 2 is 2.16 bits per heavy atom. The number of nitrogens with zero attached hydrogens (tertiary/aromatic N) is 2. The Hall–Kier alpha value is -2.06. The molecule has 1 aromatic carbocycles. The van der Waals surface area contributed by atoms with Crippen LogP contribution in [-0.2, 0) is 4.79 Å². The van der Waals surface area contributed by atoms with Crippen LogP contribution in [0.15, 0.2) is 29.3 Å². The van der Waals surface area contributed by atoms with E-state index in [4.69, 9.17) is 0 Å². The number of rotatable bonds is 4. The molecule has 2 atom stereocenters. The van der Waals surface area contributed by atoms with Gasteiger partial charge in [-0.15, -0.1) is 0 Å². The molecular formula is C20H23N3OS. The maximum atomic E-state index is 12.3. The first kappa shape index (κ1) is 17.8. The highest BCUT2D eigenvalue weighted by Crippen LogP contribution is 2.26. The molecule has 0 bridgehead atoms. The summed E-state index contributed by atoms with van der Waals surface area (Å²) in [4.78, 5) is 16.9. The van der Waals surface area contributed by atoms with E-state index in [-0.39, 0.29) is 11.9 Å². The second-order valence-electron chi connectivity index (χ2n) is 6.87. The summed E-state index contributed by atoms with van der Waals surface area (Å²) in [6.45, 7) is 4.22. The molecule has 5 heteroatoms. The lowest BCUT2D eigenvalue weighted by molar-refractivity contribution is -0.119. The summed E-state index contributed by atoms with van der Waals surface area (Å²) in [5, 5.41) is 14.1. The van der Waals surface area contributed by atoms with Gasteiger partial charge in [0.05, 0.1) is 16.8 Å². The van der Waals surface area contributed by atoms with Crippen LogP contribution in [0.2, 0.25) is 0 Å². The fourth-order valence-electron chi connectivity index (χ4n) is 3.38. The Morgan fingerprint density at radius 3 is 2.92 bits per heavy atom. The molecule has 1 heterocycles. The SMILES string of the molecule is Cc1ccc2nc(SCC(=O)N[C@H]3CCCC[C@@H]3C)c(C#N)cc2c1. The van der Waals surface area contributed by atoms with Crippen LogP contribution in [0, 0.1) is 24.2 Å². The quantitative estimate of drug-likeness (QED) is 0.837. The number of fused-ring (bicyclic) bond motifs is 1. The molecule has 4 nitrogen and oxygen atoms in total. The van der Waals surface area contributed by atoms with Crippen LogP contribution in [0.25, 0.3) is 10.9 Å². The van der Waals surface area contributed by atoms with Gasteiger partial charge in [0.2, 0.25) is 5.91 Å². The van der Waals surface area contributed by atoms with Crippen LogP contribution in [0.5, 0.6) is 0 Å². The number of amides is 1. The van der Waals surface area contributed by atoms with Crippen molar-refractivity contribution < 1.29 is 4.79 Å². The van der Waals surface area contributed by atoms with Gasteiger partial charge in [-0.1, -0.05) is 43.2 Å². The molecule has 3 rings (SSSR count). The Kier molecular flexibility index (Phi) is 5.60. The molecule has 1 aliphatic carbocycles. The predicted molar refractivity (Wildman–Crippen MR) is 101 cm³/mol. The van der Waals surface area contributed by atoms with Crippen LogP contribution in [0.1, 0.15) is 43.7 Å². The van der Waals surface area contributed by atoms with Crippen LogP contribution in [0.3, 0.4) is 0 Å². The standard InChI is InChI=1S/C20H23N3OS/c1-13-7-8-18-15(9-13)10-16(11-21)20(23-18)25-12-19(24)22-17-6-4-3-5-14(17)2/h7-10,14,17H,3-6,12H2,1-2H3,(H,22,24)/t14-,17-/m0/s1. The van der Waals surface area contributed by atoms with Crippen molar-refractivity contribution in [2.75, 3.05) is 5.75 Å². The minimum atomic E-state index is 0.0263. The van der Waals surface area contributed by atoms with Crippen LogP contribution < -0.4 is 5.32 Å². The summed E-state index contributed by atoms with van der Waals surface area (Å²) in [7, 11) is 0. The van der Waals surface area contributed by atoms with E-state index in [9.17, 15) is 10.1 Å². The second-order valence-corrected chi connectivity index (χ2v) is 7.84. The number of aryl methyl sites for hydroxylation is 1. The van der Waals surface area contributed by atoms with Gasteiger partial charge >= 0.3 is 0 Å². The largest absolute Gasteiger partial charge is 0.352 e. The molecule has 1 aliphatic rings. The van der Waals surface area contributed by atoms with Crippen molar-refractivity contribution in [2.24, 2.45) is 5.92 Å². The topological polar surface area (TPSA) is 65.8 Å². The Morgan fingerprint density at radius 1 is 1.36 bits per heavy atom. The first-order valence-electron chi connectivity index (χ1n) is 8.80. The Bertz CT molecular complexity index is 828. The maximum absolute atomic E-state index is 12.3. The highest BCUT2D eigenvalue weighted by atomic mass is 32.2. The van der Waals surface area contributed by atoms with Gasteiger partial charge in [0.1, 0.15) is 11.1 Å². The third-order valence-electron chi connectivity index (χ3n) is 4.85. The molecule has 0 spiro atoms. The first-order valence-corrected chi connectivity index (χ1v) is 9.79. The molecule has 1 amide bonds. The average molecular weight is 353 g/mol. The molecule has 1 aromatic heterocycles. The summed E-state index contributed by atoms with van der Waals surface area (Å²) >= 11 is 1.34. The lowest BCUT2D eigenvalue weighted by Crippen LogP contribution is -2.41. The molecule has 2 aromatic rings. The van der Waals surface area contributed by atoms with Crippen molar-refractivity contribution in [1.29, 1.82) is 5.26 Å². The van der Waals surface area contributed by atoms with Gasteiger partial charge in [-0.2, -0.15) is 5.26 Å². The smallest absolute Gasteiger partial charge is 0.230 e. The summed E-state index contributed by atoms with van der Waals surface area (Å²) in [6.07, 6.45) is 4.69. The highest BCUT2D eigenvalue weighted by molar-refractivity contribution is 8.00. The number of carbonyl (C=O) groups excluding carboxylic acids is 1. The zero-order chi connectivity index (χ0) is 17.8. The molecule has 0 unspecified atom stereocenters. The number of aromatic nitrogens is 1. The van der Waals surface area contributed by atoms with Gasteiger partial charge in [-0.25, -0.2) is 4.98 Å². The van der Waals surface area contributed by atoms with Gasteiger partial charge < -0.3 is 5.32 Å². The number of pyridine rings is 1. The summed E-state index contributed by atoms with van der Waals surface area (Å²) in [5.74, 6) is 0.861. The zero-order valence-electron chi connectivity index (χ0n) is 14.7. The molecule has 0 aliphatic heterocycles. The number of nitrogens with one attached hydrogen (secondary N) is 1. The molecule has 0 radical (unpaired) electrons. The van der Waals surface area contributed by atoms with E-state index in [2.05, 4.69) is 23.3 Å². The number of benzene rings is 1. The van der Waals surface area contributed by atoms with Crippen molar-refractivity contribution >= 4 is 28.6 Å². The summed E-state index contributed by atoms with van der Waals surface area (Å²) in [6, 6.07) is 10.3. The van der Waals surface area contributed by atoms with E-state index < -0.39 is 0 Å². The molecule has 25 heavy (non-hydrogen) atoms. The number of carbonyl (C=O) groups is 1. The van der Waals surface area contributed by atoms with E-state index in [0.717, 1.165) is 22.9 Å². The third-order valence-corrected chi connectivity index (χ3v) is 5.84. The van der Waals surface area contributed by atoms with E-state index >= 15 is 0 Å². The van der Waals surface area contributed by atoms with Gasteiger partial charge in [0, 0.05) is 11.4 Å². The van der Waals surface area contributed by atoms with Crippen LogP contribution >= 0.6 is 11.8 Å². The van der Waals surface area contributed by atoms with Gasteiger partial charge in [-0.05, 0) is 43.9 Å². The van der Waals surface area contributed by atoms with Crippen molar-refractivity contribution in [2.45, 2.75) is 50.6 Å². The van der Waals surface area contributed by atoms with Gasteiger partial charge in [0.25, 0.3) is 0 Å². The molecule has 0 saturated heterocycles. The lowest BCUT2D eigenvalue weighted by atomic mass is 9.86. The minimum absolute atomic E-state index is 0.0263. The van der Waals surface area contributed by atoms with Crippen molar-refractivity contribution in [3.63, 3.8) is 0 Å². The molecule has 1 fully saturated rings. The second kappa shape index (κ2) is 7.88. The van der Waals surface area contributed by atoms with Gasteiger partial charge in [0.15, 0.2) is 0 Å². The fraction of sp³-hybridized carbons (Fsp3) is 0.450. The molecule has 1 N–H and O–H groups in total. The van der Waals surface area contributed by atoms with Crippen LogP contribution in [-0.4, -0.2) is 22.7 Å². The van der Waals surface area contributed by atoms with E-state index in [1.807, 2.05) is 31.2 Å². The minimum Gasteiger partial charge on any atom is -0.352 e. The predicted octanol–water partition coefficient (Wildman–Crippen LogP) is 4.20. The van der Waals surface area contributed by atoms with Crippen molar-refractivity contribution in [1.82, 2.24) is 10.3 Å². The van der Waals surface area contributed by atoms with E-state index in [1.54, 1.807) is 0 Å². The first-order chi connectivity index (χ1) is 12.1. The van der Waals surface area contributed by atoms with E-state index in [1.165, 1.54) is 31.0 Å². The monoisotopic (exact) mass is 353 g/mol. The summed E-state index contributed by atoms with van der Waals surface area (Å²) in [5.41, 5.74) is 2.52.